The van der Waals surface area contributed by atoms with Crippen LogP contribution in [0.4, 0.5) is 10.1 Å². The van der Waals surface area contributed by atoms with E-state index in [1.807, 2.05) is 0 Å². The van der Waals surface area contributed by atoms with Gasteiger partial charge >= 0.3 is 5.97 Å². The van der Waals surface area contributed by atoms with Gasteiger partial charge in [0, 0.05) is 5.69 Å². The number of nitrogens with two attached hydrogens (primary N) is 1. The van der Waals surface area contributed by atoms with Crippen LogP contribution in [-0.4, -0.2) is 11.1 Å². The third-order valence-electron chi connectivity index (χ3n) is 2.42. The molecule has 86 valence electrons. The van der Waals surface area contributed by atoms with Gasteiger partial charge in [-0.05, 0) is 35.4 Å². The molecule has 0 saturated carbocycles. The van der Waals surface area contributed by atoms with Crippen molar-refractivity contribution in [2.75, 3.05) is 5.73 Å². The van der Waals surface area contributed by atoms with Crippen molar-refractivity contribution in [3.63, 3.8) is 0 Å². The average molecular weight is 231 g/mol. The van der Waals surface area contributed by atoms with E-state index in [1.165, 1.54) is 12.1 Å². The van der Waals surface area contributed by atoms with Gasteiger partial charge in [-0.25, -0.2) is 9.18 Å². The molecule has 0 aliphatic rings. The van der Waals surface area contributed by atoms with Crippen LogP contribution in [0.15, 0.2) is 42.5 Å². The lowest BCUT2D eigenvalue weighted by Crippen LogP contribution is -2.00. The summed E-state index contributed by atoms with van der Waals surface area (Å²) in [6, 6.07) is 11.0. The third kappa shape index (κ3) is 2.25. The van der Waals surface area contributed by atoms with Crippen LogP contribution in [-0.2, 0) is 0 Å². The number of halogens is 1. The summed E-state index contributed by atoms with van der Waals surface area (Å²) in [4.78, 5) is 10.7. The minimum Gasteiger partial charge on any atom is -0.478 e. The maximum Gasteiger partial charge on any atom is 0.338 e. The van der Waals surface area contributed by atoms with Gasteiger partial charge < -0.3 is 10.8 Å². The van der Waals surface area contributed by atoms with E-state index in [4.69, 9.17) is 10.8 Å². The summed E-state index contributed by atoms with van der Waals surface area (Å²) in [6.45, 7) is 0. The Balaban J connectivity index is 2.48. The van der Waals surface area contributed by atoms with Crippen LogP contribution in [0.1, 0.15) is 10.4 Å². The summed E-state index contributed by atoms with van der Waals surface area (Å²) < 4.78 is 13.5. The molecule has 0 saturated heterocycles. The molecule has 0 aliphatic heterocycles. The summed E-state index contributed by atoms with van der Waals surface area (Å²) in [6.07, 6.45) is 0. The summed E-state index contributed by atoms with van der Waals surface area (Å²) in [5.74, 6) is -2.03. The zero-order valence-electron chi connectivity index (χ0n) is 8.85. The lowest BCUT2D eigenvalue weighted by atomic mass is 10.0. The van der Waals surface area contributed by atoms with Gasteiger partial charge in [0.25, 0.3) is 0 Å². The predicted molar refractivity (Wildman–Crippen MR) is 63.2 cm³/mol. The van der Waals surface area contributed by atoms with E-state index in [2.05, 4.69) is 0 Å². The second-order valence-electron chi connectivity index (χ2n) is 3.63. The van der Waals surface area contributed by atoms with Crippen molar-refractivity contribution in [2.45, 2.75) is 0 Å². The zero-order valence-corrected chi connectivity index (χ0v) is 8.85. The lowest BCUT2D eigenvalue weighted by molar-refractivity contribution is 0.0692. The fraction of sp³-hybridized carbons (Fsp3) is 0. The quantitative estimate of drug-likeness (QED) is 0.781. The predicted octanol–water partition coefficient (Wildman–Crippen LogP) is 2.77. The maximum absolute atomic E-state index is 13.5. The van der Waals surface area contributed by atoms with Crippen LogP contribution in [0.3, 0.4) is 0 Å². The molecule has 0 amide bonds. The Morgan fingerprint density at radius 3 is 2.41 bits per heavy atom. The minimum atomic E-state index is -1.28. The zero-order chi connectivity index (χ0) is 12.4. The number of carbonyl (C=O) groups is 1. The molecule has 0 atom stereocenters. The largest absolute Gasteiger partial charge is 0.478 e. The Bertz CT molecular complexity index is 581. The second-order valence-corrected chi connectivity index (χ2v) is 3.63. The fourth-order valence-electron chi connectivity index (χ4n) is 1.59. The van der Waals surface area contributed by atoms with Crippen molar-refractivity contribution in [1.82, 2.24) is 0 Å². The molecule has 0 bridgehead atoms. The molecule has 3 nitrogen and oxygen atoms in total. The summed E-state index contributed by atoms with van der Waals surface area (Å²) in [5, 5.41) is 8.71. The van der Waals surface area contributed by atoms with E-state index in [9.17, 15) is 9.18 Å². The Kier molecular flexibility index (Phi) is 2.78. The van der Waals surface area contributed by atoms with Crippen molar-refractivity contribution in [3.8, 4) is 11.1 Å². The van der Waals surface area contributed by atoms with Crippen LogP contribution in [0, 0.1) is 5.82 Å². The van der Waals surface area contributed by atoms with Crippen molar-refractivity contribution < 1.29 is 14.3 Å². The first-order chi connectivity index (χ1) is 8.08. The van der Waals surface area contributed by atoms with Crippen molar-refractivity contribution in [2.24, 2.45) is 0 Å². The van der Waals surface area contributed by atoms with Crippen molar-refractivity contribution in [1.29, 1.82) is 0 Å². The third-order valence-corrected chi connectivity index (χ3v) is 2.42. The van der Waals surface area contributed by atoms with Crippen LogP contribution < -0.4 is 5.73 Å². The van der Waals surface area contributed by atoms with Gasteiger partial charge in [0.2, 0.25) is 0 Å². The number of rotatable bonds is 2. The fourth-order valence-corrected chi connectivity index (χ4v) is 1.59. The molecule has 4 heteroatoms. The first-order valence-electron chi connectivity index (χ1n) is 4.96. The van der Waals surface area contributed by atoms with E-state index < -0.39 is 11.8 Å². The SMILES string of the molecule is Nc1cccc(-c2ccc(C(=O)O)c(F)c2)c1. The van der Waals surface area contributed by atoms with Gasteiger partial charge in [-0.15, -0.1) is 0 Å². The van der Waals surface area contributed by atoms with Crippen LogP contribution in [0.25, 0.3) is 11.1 Å². The van der Waals surface area contributed by atoms with Gasteiger partial charge in [-0.1, -0.05) is 18.2 Å². The average Bonchev–Trinajstić information content (AvgIpc) is 2.28. The first kappa shape index (κ1) is 11.1. The highest BCUT2D eigenvalue weighted by Gasteiger charge is 2.10. The minimum absolute atomic E-state index is 0.336. The topological polar surface area (TPSA) is 63.3 Å². The number of carboxylic acid groups (broad SMARTS) is 1. The number of anilines is 1. The highest BCUT2D eigenvalue weighted by molar-refractivity contribution is 5.88. The Morgan fingerprint density at radius 1 is 1.12 bits per heavy atom. The molecule has 0 spiro atoms. The summed E-state index contributed by atoms with van der Waals surface area (Å²) >= 11 is 0. The molecule has 0 heterocycles. The lowest BCUT2D eigenvalue weighted by Gasteiger charge is -2.04. The molecule has 0 radical (unpaired) electrons. The number of nitrogen functional groups attached to an aromatic ring is 1. The number of carboxylic acids is 1. The molecule has 17 heavy (non-hydrogen) atoms. The maximum atomic E-state index is 13.5. The van der Waals surface area contributed by atoms with E-state index in [0.29, 0.717) is 11.3 Å². The van der Waals surface area contributed by atoms with Gasteiger partial charge in [-0.2, -0.15) is 0 Å². The van der Waals surface area contributed by atoms with E-state index in [1.54, 1.807) is 30.3 Å². The van der Waals surface area contributed by atoms with E-state index in [-0.39, 0.29) is 5.56 Å². The highest BCUT2D eigenvalue weighted by Crippen LogP contribution is 2.23. The van der Waals surface area contributed by atoms with Gasteiger partial charge in [0.05, 0.1) is 5.56 Å². The number of hydrogen-bond donors (Lipinski definition) is 2. The molecule has 0 aliphatic carbocycles. The Labute approximate surface area is 97.3 Å². The van der Waals surface area contributed by atoms with Gasteiger partial charge in [0.15, 0.2) is 0 Å². The Morgan fingerprint density at radius 2 is 1.82 bits per heavy atom. The highest BCUT2D eigenvalue weighted by atomic mass is 19.1. The van der Waals surface area contributed by atoms with Gasteiger partial charge in [-0.3, -0.25) is 0 Å². The summed E-state index contributed by atoms with van der Waals surface area (Å²) in [5.41, 5.74) is 7.21. The Hall–Kier alpha value is -2.36. The molecule has 2 aromatic rings. The number of aromatic carboxylic acids is 1. The normalized spacial score (nSPS) is 10.2. The van der Waals surface area contributed by atoms with E-state index in [0.717, 1.165) is 5.56 Å². The second kappa shape index (κ2) is 4.25. The van der Waals surface area contributed by atoms with Crippen molar-refractivity contribution >= 4 is 11.7 Å². The molecular formula is C13H10FNO2. The smallest absolute Gasteiger partial charge is 0.338 e. The molecule has 0 unspecified atom stereocenters. The van der Waals surface area contributed by atoms with Crippen LogP contribution in [0.5, 0.6) is 0 Å². The standard InChI is InChI=1S/C13H10FNO2/c14-12-7-9(4-5-11(12)13(16)17)8-2-1-3-10(15)6-8/h1-7H,15H2,(H,16,17). The molecular weight excluding hydrogens is 221 g/mol. The van der Waals surface area contributed by atoms with Crippen LogP contribution >= 0.6 is 0 Å². The van der Waals surface area contributed by atoms with Gasteiger partial charge in [0.1, 0.15) is 5.82 Å². The van der Waals surface area contributed by atoms with Crippen molar-refractivity contribution in [3.05, 3.63) is 53.8 Å². The van der Waals surface area contributed by atoms with Crippen LogP contribution in [0.2, 0.25) is 0 Å². The van der Waals surface area contributed by atoms with E-state index >= 15 is 0 Å². The number of hydrogen-bond acceptors (Lipinski definition) is 2. The molecule has 2 aromatic carbocycles. The molecule has 3 N–H and O–H groups in total. The molecule has 2 rings (SSSR count). The summed E-state index contributed by atoms with van der Waals surface area (Å²) in [7, 11) is 0. The molecule has 0 fully saturated rings. The molecule has 0 aromatic heterocycles. The number of benzene rings is 2. The monoisotopic (exact) mass is 231 g/mol. The first-order valence-corrected chi connectivity index (χ1v) is 4.96.